The molecule has 0 saturated carbocycles. The molecule has 0 bridgehead atoms. The predicted octanol–water partition coefficient (Wildman–Crippen LogP) is 4.23. The van der Waals surface area contributed by atoms with Gasteiger partial charge in [-0.05, 0) is 23.6 Å². The van der Waals surface area contributed by atoms with E-state index in [1.54, 1.807) is 6.07 Å². The molecule has 1 aromatic heterocycles. The first-order valence-corrected chi connectivity index (χ1v) is 9.07. The van der Waals surface area contributed by atoms with Crippen LogP contribution in [0.2, 0.25) is 0 Å². The van der Waals surface area contributed by atoms with Crippen molar-refractivity contribution in [2.45, 2.75) is 6.10 Å². The Labute approximate surface area is 153 Å². The van der Waals surface area contributed by atoms with Crippen LogP contribution in [0.3, 0.4) is 0 Å². The van der Waals surface area contributed by atoms with Crippen LogP contribution in [0.5, 0.6) is 11.5 Å². The van der Waals surface area contributed by atoms with E-state index in [1.165, 1.54) is 11.3 Å². The first kappa shape index (κ1) is 15.2. The minimum absolute atomic E-state index is 0.177. The van der Waals surface area contributed by atoms with Crippen LogP contribution in [0.25, 0.3) is 21.0 Å². The number of amides is 1. The van der Waals surface area contributed by atoms with Gasteiger partial charge < -0.3 is 9.47 Å². The molecule has 1 aliphatic heterocycles. The highest BCUT2D eigenvalue weighted by molar-refractivity contribution is 7.22. The van der Waals surface area contributed by atoms with E-state index < -0.39 is 6.10 Å². The lowest BCUT2D eigenvalue weighted by Gasteiger charge is -2.25. The lowest BCUT2D eigenvalue weighted by Crippen LogP contribution is -2.40. The van der Waals surface area contributed by atoms with Gasteiger partial charge in [-0.3, -0.25) is 10.1 Å². The summed E-state index contributed by atoms with van der Waals surface area (Å²) in [5.41, 5.74) is 0.898. The van der Waals surface area contributed by atoms with Crippen molar-refractivity contribution in [3.05, 3.63) is 60.7 Å². The molecule has 1 atom stereocenters. The topological polar surface area (TPSA) is 60.5 Å². The highest BCUT2D eigenvalue weighted by atomic mass is 32.1. The molecule has 0 fully saturated rings. The van der Waals surface area contributed by atoms with Crippen molar-refractivity contribution in [1.82, 2.24) is 4.98 Å². The molecule has 128 valence electrons. The number of rotatable bonds is 2. The molecule has 0 spiro atoms. The average molecular weight is 362 g/mol. The largest absolute Gasteiger partial charge is 0.485 e. The minimum atomic E-state index is -0.700. The van der Waals surface area contributed by atoms with Crippen molar-refractivity contribution in [2.75, 3.05) is 11.9 Å². The van der Waals surface area contributed by atoms with E-state index in [0.29, 0.717) is 16.6 Å². The second-order valence-electron chi connectivity index (χ2n) is 6.01. The lowest BCUT2D eigenvalue weighted by molar-refractivity contribution is -0.125. The van der Waals surface area contributed by atoms with Crippen molar-refractivity contribution in [3.8, 4) is 11.5 Å². The molecule has 3 aromatic carbocycles. The van der Waals surface area contributed by atoms with Crippen LogP contribution in [0.15, 0.2) is 60.7 Å². The summed E-state index contributed by atoms with van der Waals surface area (Å²) in [6.07, 6.45) is -0.700. The first-order chi connectivity index (χ1) is 12.8. The van der Waals surface area contributed by atoms with Gasteiger partial charge >= 0.3 is 0 Å². The summed E-state index contributed by atoms with van der Waals surface area (Å²) in [4.78, 5) is 17.2. The molecular formula is C20H14N2O3S. The van der Waals surface area contributed by atoms with Gasteiger partial charge in [0.25, 0.3) is 5.91 Å². The number of ether oxygens (including phenoxy) is 2. The number of aromatic nitrogens is 1. The van der Waals surface area contributed by atoms with Crippen LogP contribution in [0.4, 0.5) is 5.13 Å². The highest BCUT2D eigenvalue weighted by Crippen LogP contribution is 2.33. The monoisotopic (exact) mass is 362 g/mol. The maximum atomic E-state index is 12.6. The molecule has 1 aliphatic rings. The molecular weight excluding hydrogens is 348 g/mol. The Hall–Kier alpha value is -3.12. The summed E-state index contributed by atoms with van der Waals surface area (Å²) in [6, 6.07) is 19.5. The van der Waals surface area contributed by atoms with E-state index in [1.807, 2.05) is 42.5 Å². The normalized spacial score (nSPS) is 15.9. The van der Waals surface area contributed by atoms with Gasteiger partial charge in [-0.1, -0.05) is 53.8 Å². The van der Waals surface area contributed by atoms with Crippen molar-refractivity contribution >= 4 is 43.4 Å². The molecule has 0 unspecified atom stereocenters. The number of carbonyl (C=O) groups excluding carboxylic acids is 1. The number of nitrogens with one attached hydrogen (secondary N) is 1. The number of nitrogens with zero attached hydrogens (tertiary/aromatic N) is 1. The number of benzene rings is 3. The molecule has 1 amide bonds. The standard InChI is InChI=1S/C20H14N2O3S/c23-19(16-11-24-14-7-3-4-8-15(14)25-16)22-20-21-18-13-6-2-1-5-12(13)9-10-17(18)26-20/h1-10,16H,11H2,(H,21,22,23)/t16-/m1/s1. The summed E-state index contributed by atoms with van der Waals surface area (Å²) in [6.45, 7) is 0.177. The molecule has 1 N–H and O–H groups in total. The van der Waals surface area contributed by atoms with E-state index in [4.69, 9.17) is 9.47 Å². The fraction of sp³-hybridized carbons (Fsp3) is 0.100. The van der Waals surface area contributed by atoms with Gasteiger partial charge in [-0.2, -0.15) is 0 Å². The third-order valence-electron chi connectivity index (χ3n) is 4.31. The summed E-state index contributed by atoms with van der Waals surface area (Å²) < 4.78 is 12.4. The molecule has 5 rings (SSSR count). The van der Waals surface area contributed by atoms with Crippen LogP contribution in [-0.2, 0) is 4.79 Å². The molecule has 0 saturated heterocycles. The number of para-hydroxylation sites is 2. The van der Waals surface area contributed by atoms with Crippen LogP contribution < -0.4 is 14.8 Å². The number of fused-ring (bicyclic) bond motifs is 4. The maximum absolute atomic E-state index is 12.6. The van der Waals surface area contributed by atoms with E-state index in [9.17, 15) is 4.79 Å². The van der Waals surface area contributed by atoms with E-state index >= 15 is 0 Å². The van der Waals surface area contributed by atoms with E-state index in [-0.39, 0.29) is 12.5 Å². The van der Waals surface area contributed by atoms with Gasteiger partial charge in [-0.15, -0.1) is 0 Å². The zero-order chi connectivity index (χ0) is 17.5. The zero-order valence-corrected chi connectivity index (χ0v) is 14.5. The fourth-order valence-corrected chi connectivity index (χ4v) is 3.93. The van der Waals surface area contributed by atoms with Crippen molar-refractivity contribution in [2.24, 2.45) is 0 Å². The first-order valence-electron chi connectivity index (χ1n) is 8.25. The van der Waals surface area contributed by atoms with Crippen molar-refractivity contribution in [3.63, 3.8) is 0 Å². The van der Waals surface area contributed by atoms with Crippen LogP contribution in [0.1, 0.15) is 0 Å². The number of hydrogen-bond donors (Lipinski definition) is 1. The van der Waals surface area contributed by atoms with Crippen LogP contribution >= 0.6 is 11.3 Å². The predicted molar refractivity (Wildman–Crippen MR) is 102 cm³/mol. The molecule has 2 heterocycles. The molecule has 5 nitrogen and oxygen atoms in total. The maximum Gasteiger partial charge on any atom is 0.270 e. The van der Waals surface area contributed by atoms with Crippen molar-refractivity contribution in [1.29, 1.82) is 0 Å². The highest BCUT2D eigenvalue weighted by Gasteiger charge is 2.28. The second kappa shape index (κ2) is 6.00. The SMILES string of the molecule is O=C(Nc1nc2c(ccc3ccccc32)s1)[C@H]1COc2ccccc2O1. The van der Waals surface area contributed by atoms with Crippen LogP contribution in [-0.4, -0.2) is 23.6 Å². The molecule has 6 heteroatoms. The summed E-state index contributed by atoms with van der Waals surface area (Å²) in [5, 5.41) is 5.62. The number of hydrogen-bond acceptors (Lipinski definition) is 5. The third kappa shape index (κ3) is 2.55. The Morgan fingerprint density at radius 3 is 2.77 bits per heavy atom. The van der Waals surface area contributed by atoms with E-state index in [0.717, 1.165) is 21.0 Å². The van der Waals surface area contributed by atoms with Gasteiger partial charge in [0.1, 0.15) is 6.61 Å². The number of carbonyl (C=O) groups is 1. The minimum Gasteiger partial charge on any atom is -0.485 e. The van der Waals surface area contributed by atoms with Gasteiger partial charge in [0.05, 0.1) is 10.2 Å². The summed E-state index contributed by atoms with van der Waals surface area (Å²) >= 11 is 1.45. The summed E-state index contributed by atoms with van der Waals surface area (Å²) in [7, 11) is 0. The van der Waals surface area contributed by atoms with Gasteiger partial charge in [0.2, 0.25) is 6.10 Å². The van der Waals surface area contributed by atoms with Gasteiger partial charge in [0, 0.05) is 5.39 Å². The third-order valence-corrected chi connectivity index (χ3v) is 5.25. The fourth-order valence-electron chi connectivity index (χ4n) is 3.05. The quantitative estimate of drug-likeness (QED) is 0.580. The Kier molecular flexibility index (Phi) is 3.50. The number of anilines is 1. The average Bonchev–Trinajstić information content (AvgIpc) is 3.10. The lowest BCUT2D eigenvalue weighted by atomic mass is 10.1. The summed E-state index contributed by atoms with van der Waals surface area (Å²) in [5.74, 6) is 0.972. The second-order valence-corrected chi connectivity index (χ2v) is 7.04. The van der Waals surface area contributed by atoms with Gasteiger partial charge in [0.15, 0.2) is 16.6 Å². The molecule has 0 radical (unpaired) electrons. The van der Waals surface area contributed by atoms with Crippen molar-refractivity contribution < 1.29 is 14.3 Å². The molecule has 0 aliphatic carbocycles. The molecule has 4 aromatic rings. The van der Waals surface area contributed by atoms with Gasteiger partial charge in [-0.25, -0.2) is 4.98 Å². The Bertz CT molecular complexity index is 1140. The Morgan fingerprint density at radius 2 is 1.85 bits per heavy atom. The Balaban J connectivity index is 1.41. The molecule has 26 heavy (non-hydrogen) atoms. The zero-order valence-electron chi connectivity index (χ0n) is 13.6. The smallest absolute Gasteiger partial charge is 0.270 e. The number of thiazole rings is 1. The Morgan fingerprint density at radius 1 is 1.04 bits per heavy atom. The van der Waals surface area contributed by atoms with E-state index in [2.05, 4.69) is 22.4 Å². The van der Waals surface area contributed by atoms with Crippen LogP contribution in [0, 0.1) is 0 Å².